The van der Waals surface area contributed by atoms with E-state index in [-0.39, 0.29) is 0 Å². The van der Waals surface area contributed by atoms with Crippen molar-refractivity contribution in [1.82, 2.24) is 25.1 Å². The Morgan fingerprint density at radius 1 is 1.35 bits per heavy atom. The third kappa shape index (κ3) is 2.79. The van der Waals surface area contributed by atoms with Crippen molar-refractivity contribution >= 4 is 0 Å². The van der Waals surface area contributed by atoms with E-state index in [1.165, 1.54) is 0 Å². The molecule has 0 spiro atoms. The lowest BCUT2D eigenvalue weighted by atomic mass is 10.1. The SMILES string of the molecule is Cc1nc2n(n1)C[C@@H](NCc1nc(-c3ccco3)oc1C)CC2. The van der Waals surface area contributed by atoms with E-state index in [1.54, 1.807) is 6.26 Å². The molecule has 0 bridgehead atoms. The van der Waals surface area contributed by atoms with Crippen LogP contribution in [0, 0.1) is 13.8 Å². The summed E-state index contributed by atoms with van der Waals surface area (Å²) in [4.78, 5) is 8.96. The lowest BCUT2D eigenvalue weighted by molar-refractivity contribution is 0.356. The van der Waals surface area contributed by atoms with Gasteiger partial charge in [-0.2, -0.15) is 5.10 Å². The van der Waals surface area contributed by atoms with Gasteiger partial charge in [-0.15, -0.1) is 0 Å². The molecular formula is C16H19N5O2. The number of hydrogen-bond donors (Lipinski definition) is 1. The van der Waals surface area contributed by atoms with E-state index in [2.05, 4.69) is 20.4 Å². The predicted molar refractivity (Wildman–Crippen MR) is 82.6 cm³/mol. The molecule has 4 heterocycles. The fourth-order valence-electron chi connectivity index (χ4n) is 2.94. The molecule has 3 aromatic rings. The maximum Gasteiger partial charge on any atom is 0.263 e. The first-order valence-corrected chi connectivity index (χ1v) is 7.83. The van der Waals surface area contributed by atoms with Crippen LogP contribution < -0.4 is 5.32 Å². The molecule has 1 N–H and O–H groups in total. The lowest BCUT2D eigenvalue weighted by Gasteiger charge is -2.23. The molecule has 1 aliphatic heterocycles. The molecule has 7 heteroatoms. The Morgan fingerprint density at radius 3 is 3.09 bits per heavy atom. The largest absolute Gasteiger partial charge is 0.459 e. The number of nitrogens with one attached hydrogen (secondary N) is 1. The summed E-state index contributed by atoms with van der Waals surface area (Å²) in [5.41, 5.74) is 0.914. The molecule has 1 aliphatic rings. The first-order chi connectivity index (χ1) is 11.2. The van der Waals surface area contributed by atoms with Gasteiger partial charge in [0.1, 0.15) is 17.4 Å². The Bertz CT molecular complexity index is 803. The standard InChI is InChI=1S/C16H19N5O2/c1-10-13(19-16(23-10)14-4-3-7-22-14)8-17-12-5-6-15-18-11(2)20-21(15)9-12/h3-4,7,12,17H,5-6,8-9H2,1-2H3/t12-/m0/s1. The Morgan fingerprint density at radius 2 is 2.26 bits per heavy atom. The molecule has 0 amide bonds. The van der Waals surface area contributed by atoms with Crippen molar-refractivity contribution in [2.75, 3.05) is 0 Å². The smallest absolute Gasteiger partial charge is 0.263 e. The van der Waals surface area contributed by atoms with Crippen molar-refractivity contribution in [3.05, 3.63) is 41.5 Å². The normalized spacial score (nSPS) is 17.4. The van der Waals surface area contributed by atoms with Gasteiger partial charge in [0.25, 0.3) is 5.89 Å². The summed E-state index contributed by atoms with van der Waals surface area (Å²) in [6.45, 7) is 5.38. The van der Waals surface area contributed by atoms with Gasteiger partial charge in [-0.1, -0.05) is 0 Å². The highest BCUT2D eigenvalue weighted by molar-refractivity contribution is 5.44. The summed E-state index contributed by atoms with van der Waals surface area (Å²) in [6, 6.07) is 4.04. The fraction of sp³-hybridized carbons (Fsp3) is 0.438. The molecule has 0 aromatic carbocycles. The third-order valence-electron chi connectivity index (χ3n) is 4.15. The number of nitrogens with zero attached hydrogens (tertiary/aromatic N) is 4. The maximum absolute atomic E-state index is 5.69. The van der Waals surface area contributed by atoms with Crippen LogP contribution in [-0.2, 0) is 19.5 Å². The van der Waals surface area contributed by atoms with Gasteiger partial charge >= 0.3 is 0 Å². The van der Waals surface area contributed by atoms with Crippen LogP contribution in [0.4, 0.5) is 0 Å². The highest BCUT2D eigenvalue weighted by Crippen LogP contribution is 2.22. The number of hydrogen-bond acceptors (Lipinski definition) is 6. The van der Waals surface area contributed by atoms with Crippen LogP contribution >= 0.6 is 0 Å². The van der Waals surface area contributed by atoms with Crippen LogP contribution in [0.3, 0.4) is 0 Å². The van der Waals surface area contributed by atoms with Gasteiger partial charge in [-0.3, -0.25) is 0 Å². The number of aryl methyl sites for hydroxylation is 3. The molecule has 0 aliphatic carbocycles. The number of aromatic nitrogens is 4. The van der Waals surface area contributed by atoms with Crippen LogP contribution in [0.1, 0.15) is 29.5 Å². The molecule has 7 nitrogen and oxygen atoms in total. The Kier molecular flexibility index (Phi) is 3.49. The third-order valence-corrected chi connectivity index (χ3v) is 4.15. The van der Waals surface area contributed by atoms with Crippen molar-refractivity contribution < 1.29 is 8.83 Å². The summed E-state index contributed by atoms with van der Waals surface area (Å²) >= 11 is 0. The van der Waals surface area contributed by atoms with Crippen LogP contribution in [-0.4, -0.2) is 25.8 Å². The van der Waals surface area contributed by atoms with E-state index >= 15 is 0 Å². The molecule has 120 valence electrons. The van der Waals surface area contributed by atoms with Gasteiger partial charge in [0.15, 0.2) is 5.76 Å². The molecule has 0 radical (unpaired) electrons. The molecular weight excluding hydrogens is 294 g/mol. The van der Waals surface area contributed by atoms with E-state index < -0.39 is 0 Å². The highest BCUT2D eigenvalue weighted by atomic mass is 16.4. The second-order valence-corrected chi connectivity index (χ2v) is 5.87. The number of fused-ring (bicyclic) bond motifs is 1. The summed E-state index contributed by atoms with van der Waals surface area (Å²) in [5, 5.41) is 7.98. The van der Waals surface area contributed by atoms with E-state index in [1.807, 2.05) is 30.7 Å². The summed E-state index contributed by atoms with van der Waals surface area (Å²) < 4.78 is 13.0. The van der Waals surface area contributed by atoms with E-state index in [0.717, 1.165) is 42.5 Å². The minimum absolute atomic E-state index is 0.367. The zero-order valence-corrected chi connectivity index (χ0v) is 13.2. The van der Waals surface area contributed by atoms with Crippen LogP contribution in [0.5, 0.6) is 0 Å². The monoisotopic (exact) mass is 313 g/mol. The molecule has 23 heavy (non-hydrogen) atoms. The van der Waals surface area contributed by atoms with Gasteiger partial charge in [0.2, 0.25) is 0 Å². The molecule has 0 fully saturated rings. The molecule has 4 rings (SSSR count). The van der Waals surface area contributed by atoms with Crippen LogP contribution in [0.25, 0.3) is 11.7 Å². The maximum atomic E-state index is 5.69. The first-order valence-electron chi connectivity index (χ1n) is 7.83. The number of furan rings is 1. The zero-order valence-electron chi connectivity index (χ0n) is 13.2. The van der Waals surface area contributed by atoms with Crippen molar-refractivity contribution in [1.29, 1.82) is 0 Å². The van der Waals surface area contributed by atoms with Crippen LogP contribution in [0.2, 0.25) is 0 Å². The van der Waals surface area contributed by atoms with Gasteiger partial charge < -0.3 is 14.2 Å². The van der Waals surface area contributed by atoms with Crippen molar-refractivity contribution in [2.45, 2.75) is 45.8 Å². The zero-order chi connectivity index (χ0) is 15.8. The number of rotatable bonds is 4. The molecule has 0 saturated carbocycles. The van der Waals surface area contributed by atoms with Gasteiger partial charge in [0.05, 0.1) is 18.5 Å². The second kappa shape index (κ2) is 5.66. The summed E-state index contributed by atoms with van der Waals surface area (Å²) in [6.07, 6.45) is 3.63. The minimum atomic E-state index is 0.367. The fourth-order valence-corrected chi connectivity index (χ4v) is 2.94. The van der Waals surface area contributed by atoms with E-state index in [0.29, 0.717) is 24.2 Å². The minimum Gasteiger partial charge on any atom is -0.459 e. The van der Waals surface area contributed by atoms with Gasteiger partial charge in [-0.25, -0.2) is 14.6 Å². The Hall–Kier alpha value is -2.41. The second-order valence-electron chi connectivity index (χ2n) is 5.87. The average molecular weight is 313 g/mol. The number of oxazole rings is 1. The predicted octanol–water partition coefficient (Wildman–Crippen LogP) is 2.25. The Labute approximate surface area is 133 Å². The van der Waals surface area contributed by atoms with E-state index in [9.17, 15) is 0 Å². The molecule has 1 atom stereocenters. The van der Waals surface area contributed by atoms with Crippen LogP contribution in [0.15, 0.2) is 27.2 Å². The molecule has 3 aromatic heterocycles. The van der Waals surface area contributed by atoms with Crippen molar-refractivity contribution in [3.63, 3.8) is 0 Å². The highest BCUT2D eigenvalue weighted by Gasteiger charge is 2.21. The lowest BCUT2D eigenvalue weighted by Crippen LogP contribution is -2.37. The topological polar surface area (TPSA) is 81.9 Å². The quantitative estimate of drug-likeness (QED) is 0.795. The van der Waals surface area contributed by atoms with Crippen molar-refractivity contribution in [3.8, 4) is 11.7 Å². The van der Waals surface area contributed by atoms with Crippen molar-refractivity contribution in [2.24, 2.45) is 0 Å². The summed E-state index contributed by atoms with van der Waals surface area (Å²) in [5.74, 6) is 3.92. The average Bonchev–Trinajstić information content (AvgIpc) is 3.23. The first kappa shape index (κ1) is 14.2. The molecule has 0 saturated heterocycles. The molecule has 0 unspecified atom stereocenters. The van der Waals surface area contributed by atoms with E-state index in [4.69, 9.17) is 8.83 Å². The van der Waals surface area contributed by atoms with Gasteiger partial charge in [-0.05, 0) is 32.4 Å². The van der Waals surface area contributed by atoms with Gasteiger partial charge in [0, 0.05) is 19.0 Å². The summed E-state index contributed by atoms with van der Waals surface area (Å²) in [7, 11) is 0. The Balaban J connectivity index is 1.42.